The third-order valence-corrected chi connectivity index (χ3v) is 5.75. The summed E-state index contributed by atoms with van der Waals surface area (Å²) in [5, 5.41) is 3.34. The quantitative estimate of drug-likeness (QED) is 0.624. The van der Waals surface area contributed by atoms with Gasteiger partial charge in [0.1, 0.15) is 5.82 Å². The van der Waals surface area contributed by atoms with Crippen molar-refractivity contribution >= 4 is 32.9 Å². The predicted octanol–water partition coefficient (Wildman–Crippen LogP) is 4.52. The highest BCUT2D eigenvalue weighted by Gasteiger charge is 2.10. The van der Waals surface area contributed by atoms with Gasteiger partial charge in [0.15, 0.2) is 0 Å². The van der Waals surface area contributed by atoms with E-state index in [4.69, 9.17) is 0 Å². The average molecular weight is 391 g/mol. The SMILES string of the molecule is CCCCS(=O)(=O)Nc1ccc(Nc2ccc(N(CC)CC)cc2C)cn1. The Labute approximate surface area is 163 Å². The van der Waals surface area contributed by atoms with Gasteiger partial charge < -0.3 is 10.2 Å². The second-order valence-electron chi connectivity index (χ2n) is 6.50. The van der Waals surface area contributed by atoms with Gasteiger partial charge in [-0.15, -0.1) is 0 Å². The Hall–Kier alpha value is -2.28. The number of pyridine rings is 1. The summed E-state index contributed by atoms with van der Waals surface area (Å²) in [4.78, 5) is 6.51. The predicted molar refractivity (Wildman–Crippen MR) is 115 cm³/mol. The van der Waals surface area contributed by atoms with Crippen LogP contribution in [0.4, 0.5) is 22.9 Å². The number of unbranched alkanes of at least 4 members (excludes halogenated alkanes) is 1. The second-order valence-corrected chi connectivity index (χ2v) is 8.34. The molecule has 2 aromatic rings. The van der Waals surface area contributed by atoms with Crippen molar-refractivity contribution in [2.45, 2.75) is 40.5 Å². The topological polar surface area (TPSA) is 74.3 Å². The molecule has 7 heteroatoms. The molecule has 0 aliphatic rings. The van der Waals surface area contributed by atoms with Crippen molar-refractivity contribution in [3.05, 3.63) is 42.1 Å². The molecule has 6 nitrogen and oxygen atoms in total. The molecular formula is C20H30N4O2S. The molecule has 0 amide bonds. The van der Waals surface area contributed by atoms with Crippen molar-refractivity contribution in [1.82, 2.24) is 4.98 Å². The normalized spacial score (nSPS) is 11.3. The van der Waals surface area contributed by atoms with Crippen LogP contribution in [0.2, 0.25) is 0 Å². The Bertz CT molecular complexity index is 832. The fraction of sp³-hybridized carbons (Fsp3) is 0.450. The van der Waals surface area contributed by atoms with Crippen LogP contribution in [-0.2, 0) is 10.0 Å². The van der Waals surface area contributed by atoms with Crippen molar-refractivity contribution in [2.24, 2.45) is 0 Å². The van der Waals surface area contributed by atoms with Gasteiger partial charge in [0.25, 0.3) is 0 Å². The molecule has 27 heavy (non-hydrogen) atoms. The molecule has 1 heterocycles. The summed E-state index contributed by atoms with van der Waals surface area (Å²) >= 11 is 0. The molecule has 0 saturated carbocycles. The summed E-state index contributed by atoms with van der Waals surface area (Å²) in [6.45, 7) is 10.3. The molecule has 0 aliphatic carbocycles. The van der Waals surface area contributed by atoms with Gasteiger partial charge in [-0.3, -0.25) is 4.72 Å². The smallest absolute Gasteiger partial charge is 0.233 e. The summed E-state index contributed by atoms with van der Waals surface area (Å²) < 4.78 is 26.4. The minimum Gasteiger partial charge on any atom is -0.372 e. The van der Waals surface area contributed by atoms with E-state index in [1.54, 1.807) is 12.3 Å². The lowest BCUT2D eigenvalue weighted by Crippen LogP contribution is -2.21. The van der Waals surface area contributed by atoms with Crippen LogP contribution in [0, 0.1) is 6.92 Å². The van der Waals surface area contributed by atoms with Crippen LogP contribution in [0.5, 0.6) is 0 Å². The zero-order valence-corrected chi connectivity index (χ0v) is 17.4. The van der Waals surface area contributed by atoms with Crippen molar-refractivity contribution in [2.75, 3.05) is 33.8 Å². The zero-order chi connectivity index (χ0) is 19.9. The van der Waals surface area contributed by atoms with Crippen LogP contribution in [0.25, 0.3) is 0 Å². The maximum absolute atomic E-state index is 11.9. The molecular weight excluding hydrogens is 360 g/mol. The van der Waals surface area contributed by atoms with Gasteiger partial charge in [-0.1, -0.05) is 13.3 Å². The molecule has 1 aromatic heterocycles. The van der Waals surface area contributed by atoms with Crippen LogP contribution in [0.15, 0.2) is 36.5 Å². The molecule has 0 unspecified atom stereocenters. The monoisotopic (exact) mass is 390 g/mol. The second kappa shape index (κ2) is 9.60. The molecule has 148 valence electrons. The lowest BCUT2D eigenvalue weighted by molar-refractivity contribution is 0.597. The standard InChI is InChI=1S/C20H30N4O2S/c1-5-8-13-27(25,26)23-20-12-9-17(15-21-20)22-19-11-10-18(14-16(19)4)24(6-2)7-3/h9-12,14-15,22H,5-8,13H2,1-4H3,(H,21,23). The number of hydrogen-bond donors (Lipinski definition) is 2. The van der Waals surface area contributed by atoms with Gasteiger partial charge in [0.2, 0.25) is 10.0 Å². The summed E-state index contributed by atoms with van der Waals surface area (Å²) in [6, 6.07) is 9.82. The van der Waals surface area contributed by atoms with Crippen LogP contribution in [0.3, 0.4) is 0 Å². The first-order valence-corrected chi connectivity index (χ1v) is 11.1. The highest BCUT2D eigenvalue weighted by atomic mass is 32.2. The van der Waals surface area contributed by atoms with Crippen LogP contribution in [0.1, 0.15) is 39.2 Å². The largest absolute Gasteiger partial charge is 0.372 e. The molecule has 0 bridgehead atoms. The summed E-state index contributed by atoms with van der Waals surface area (Å²) in [7, 11) is -3.33. The van der Waals surface area contributed by atoms with Crippen molar-refractivity contribution in [3.8, 4) is 0 Å². The van der Waals surface area contributed by atoms with E-state index >= 15 is 0 Å². The third kappa shape index (κ3) is 6.13. The van der Waals surface area contributed by atoms with E-state index in [-0.39, 0.29) is 5.75 Å². The maximum Gasteiger partial charge on any atom is 0.233 e. The van der Waals surface area contributed by atoms with Crippen molar-refractivity contribution in [3.63, 3.8) is 0 Å². The number of nitrogens with one attached hydrogen (secondary N) is 2. The fourth-order valence-electron chi connectivity index (χ4n) is 2.80. The lowest BCUT2D eigenvalue weighted by Gasteiger charge is -2.22. The minimum atomic E-state index is -3.33. The number of nitrogens with zero attached hydrogens (tertiary/aromatic N) is 2. The van der Waals surface area contributed by atoms with E-state index in [1.807, 2.05) is 13.0 Å². The van der Waals surface area contributed by atoms with E-state index in [1.165, 1.54) is 5.69 Å². The molecule has 2 N–H and O–H groups in total. The van der Waals surface area contributed by atoms with Gasteiger partial charge in [0.05, 0.1) is 17.6 Å². The maximum atomic E-state index is 11.9. The summed E-state index contributed by atoms with van der Waals surface area (Å²) in [5.74, 6) is 0.453. The molecule has 0 aliphatic heterocycles. The number of rotatable bonds is 10. The van der Waals surface area contributed by atoms with Crippen molar-refractivity contribution < 1.29 is 8.42 Å². The highest BCUT2D eigenvalue weighted by molar-refractivity contribution is 7.92. The molecule has 2 rings (SSSR count). The van der Waals surface area contributed by atoms with E-state index in [0.29, 0.717) is 12.2 Å². The minimum absolute atomic E-state index is 0.114. The highest BCUT2D eigenvalue weighted by Crippen LogP contribution is 2.25. The third-order valence-electron chi connectivity index (χ3n) is 4.41. The summed E-state index contributed by atoms with van der Waals surface area (Å²) in [6.07, 6.45) is 3.11. The molecule has 0 atom stereocenters. The van der Waals surface area contributed by atoms with Crippen LogP contribution < -0.4 is 14.9 Å². The number of aromatic nitrogens is 1. The molecule has 0 fully saturated rings. The number of anilines is 4. The zero-order valence-electron chi connectivity index (χ0n) is 16.6. The Balaban J connectivity index is 2.06. The van der Waals surface area contributed by atoms with Gasteiger partial charge >= 0.3 is 0 Å². The Kier molecular flexibility index (Phi) is 7.47. The van der Waals surface area contributed by atoms with Crippen LogP contribution >= 0.6 is 0 Å². The number of aryl methyl sites for hydroxylation is 1. The van der Waals surface area contributed by atoms with Crippen LogP contribution in [-0.4, -0.2) is 32.2 Å². The number of hydrogen-bond acceptors (Lipinski definition) is 5. The Morgan fingerprint density at radius 3 is 2.37 bits per heavy atom. The lowest BCUT2D eigenvalue weighted by atomic mass is 10.1. The van der Waals surface area contributed by atoms with Gasteiger partial charge in [0, 0.05) is 24.5 Å². The molecule has 0 spiro atoms. The first-order valence-electron chi connectivity index (χ1n) is 9.47. The van der Waals surface area contributed by atoms with E-state index in [9.17, 15) is 8.42 Å². The molecule has 0 saturated heterocycles. The summed E-state index contributed by atoms with van der Waals surface area (Å²) in [5.41, 5.74) is 4.16. The number of sulfonamides is 1. The first-order chi connectivity index (χ1) is 12.9. The molecule has 0 radical (unpaired) electrons. The van der Waals surface area contributed by atoms with Gasteiger partial charge in [-0.25, -0.2) is 13.4 Å². The Morgan fingerprint density at radius 2 is 1.81 bits per heavy atom. The first kappa shape index (κ1) is 21.0. The van der Waals surface area contributed by atoms with E-state index in [2.05, 4.69) is 58.9 Å². The van der Waals surface area contributed by atoms with Gasteiger partial charge in [-0.2, -0.15) is 0 Å². The number of benzene rings is 1. The Morgan fingerprint density at radius 1 is 1.07 bits per heavy atom. The molecule has 1 aromatic carbocycles. The van der Waals surface area contributed by atoms with Crippen molar-refractivity contribution in [1.29, 1.82) is 0 Å². The van der Waals surface area contributed by atoms with E-state index < -0.39 is 10.0 Å². The van der Waals surface area contributed by atoms with E-state index in [0.717, 1.165) is 36.4 Å². The average Bonchev–Trinajstić information content (AvgIpc) is 2.64. The fourth-order valence-corrected chi connectivity index (χ4v) is 4.01. The van der Waals surface area contributed by atoms with Gasteiger partial charge in [-0.05, 0) is 63.1 Å².